The summed E-state index contributed by atoms with van der Waals surface area (Å²) in [5.41, 5.74) is 3.17. The van der Waals surface area contributed by atoms with E-state index in [9.17, 15) is 9.18 Å². The maximum atomic E-state index is 14.1. The van der Waals surface area contributed by atoms with Gasteiger partial charge in [-0.05, 0) is 42.7 Å². The van der Waals surface area contributed by atoms with Crippen LogP contribution in [0.25, 0.3) is 11.0 Å². The van der Waals surface area contributed by atoms with E-state index in [1.54, 1.807) is 19.3 Å². The predicted octanol–water partition coefficient (Wildman–Crippen LogP) is 3.06. The Morgan fingerprint density at radius 1 is 1.34 bits per heavy atom. The highest BCUT2D eigenvalue weighted by molar-refractivity contribution is 6.38. The third kappa shape index (κ3) is 4.23. The van der Waals surface area contributed by atoms with Gasteiger partial charge in [0.1, 0.15) is 17.4 Å². The summed E-state index contributed by atoms with van der Waals surface area (Å²) in [6.45, 7) is 0.121. The van der Waals surface area contributed by atoms with E-state index in [2.05, 4.69) is 20.4 Å². The Bertz CT molecular complexity index is 1210. The highest BCUT2D eigenvalue weighted by Crippen LogP contribution is 2.35. The number of aryl methyl sites for hydroxylation is 1. The number of pyridine rings is 1. The minimum atomic E-state index is -0.453. The molecule has 0 atom stereocenters. The predicted molar refractivity (Wildman–Crippen MR) is 122 cm³/mol. The number of hydrazone groups is 1. The quantitative estimate of drug-likeness (QED) is 0.352. The van der Waals surface area contributed by atoms with Crippen molar-refractivity contribution >= 4 is 28.9 Å². The SMILES string of the molecule is CN=CC(=NN)c1cc(F)cc(CNC(=O)c2nccc3nc(C4CCCC4)n(C)c23)c1. The average molecular weight is 436 g/mol. The number of aromatic nitrogens is 3. The lowest BCUT2D eigenvalue weighted by molar-refractivity contribution is 0.0947. The summed E-state index contributed by atoms with van der Waals surface area (Å²) < 4.78 is 16.1. The number of nitrogens with two attached hydrogens (primary N) is 1. The summed E-state index contributed by atoms with van der Waals surface area (Å²) in [6.07, 6.45) is 7.68. The first-order valence-corrected chi connectivity index (χ1v) is 10.6. The van der Waals surface area contributed by atoms with E-state index >= 15 is 0 Å². The molecule has 1 fully saturated rings. The molecule has 2 heterocycles. The van der Waals surface area contributed by atoms with Gasteiger partial charge in [-0.15, -0.1) is 0 Å². The van der Waals surface area contributed by atoms with Crippen LogP contribution in [0.15, 0.2) is 40.6 Å². The Hall–Kier alpha value is -3.62. The molecule has 1 saturated carbocycles. The Morgan fingerprint density at radius 3 is 2.84 bits per heavy atom. The molecule has 0 radical (unpaired) electrons. The number of aliphatic imine (C=N–C) groups is 1. The van der Waals surface area contributed by atoms with Crippen LogP contribution in [0.3, 0.4) is 0 Å². The van der Waals surface area contributed by atoms with Crippen LogP contribution >= 0.6 is 0 Å². The number of benzene rings is 1. The number of rotatable bonds is 6. The number of hydrogen-bond acceptors (Lipinski definition) is 6. The standard InChI is InChI=1S/C23H26FN7O/c1-26-13-19(30-25)16-9-14(10-17(24)11-16)12-28-23(32)20-21-18(7-8-27-20)29-22(31(21)2)15-5-3-4-6-15/h7-11,13,15H,3-6,12,25H2,1-2H3,(H,28,32). The van der Waals surface area contributed by atoms with Gasteiger partial charge in [-0.3, -0.25) is 9.79 Å². The molecule has 3 N–H and O–H groups in total. The van der Waals surface area contributed by atoms with Crippen molar-refractivity contribution in [2.24, 2.45) is 23.0 Å². The molecule has 0 saturated heterocycles. The third-order valence-corrected chi connectivity index (χ3v) is 5.85. The van der Waals surface area contributed by atoms with Crippen molar-refractivity contribution in [3.8, 4) is 0 Å². The minimum absolute atomic E-state index is 0.121. The topological polar surface area (TPSA) is 111 Å². The second-order valence-corrected chi connectivity index (χ2v) is 7.97. The maximum absolute atomic E-state index is 14.1. The van der Waals surface area contributed by atoms with Crippen LogP contribution in [0, 0.1) is 5.82 Å². The summed E-state index contributed by atoms with van der Waals surface area (Å²) in [5.74, 6) is 6.01. The van der Waals surface area contributed by atoms with Crippen LogP contribution in [0.4, 0.5) is 4.39 Å². The number of carbonyl (C=O) groups excluding carboxylic acids is 1. The number of fused-ring (bicyclic) bond motifs is 1. The molecular formula is C23H26FN7O. The summed E-state index contributed by atoms with van der Waals surface area (Å²) in [4.78, 5) is 26.0. The van der Waals surface area contributed by atoms with Gasteiger partial charge in [-0.1, -0.05) is 12.8 Å². The fourth-order valence-corrected chi connectivity index (χ4v) is 4.36. The smallest absolute Gasteiger partial charge is 0.272 e. The molecule has 8 nitrogen and oxygen atoms in total. The van der Waals surface area contributed by atoms with Gasteiger partial charge in [-0.2, -0.15) is 5.10 Å². The molecule has 32 heavy (non-hydrogen) atoms. The van der Waals surface area contributed by atoms with Crippen molar-refractivity contribution in [3.63, 3.8) is 0 Å². The van der Waals surface area contributed by atoms with Crippen molar-refractivity contribution in [1.29, 1.82) is 0 Å². The van der Waals surface area contributed by atoms with E-state index in [0.29, 0.717) is 34.0 Å². The van der Waals surface area contributed by atoms with Gasteiger partial charge >= 0.3 is 0 Å². The molecule has 0 bridgehead atoms. The summed E-state index contributed by atoms with van der Waals surface area (Å²) >= 11 is 0. The second kappa shape index (κ2) is 9.25. The lowest BCUT2D eigenvalue weighted by Gasteiger charge is -2.11. The number of hydrogen-bond donors (Lipinski definition) is 2. The number of nitrogens with zero attached hydrogens (tertiary/aromatic N) is 5. The zero-order valence-corrected chi connectivity index (χ0v) is 18.2. The van der Waals surface area contributed by atoms with Crippen molar-refractivity contribution in [2.45, 2.75) is 38.1 Å². The first-order valence-electron chi connectivity index (χ1n) is 10.6. The first-order chi connectivity index (χ1) is 15.5. The van der Waals surface area contributed by atoms with E-state index in [0.717, 1.165) is 24.2 Å². The number of carbonyl (C=O) groups is 1. The average Bonchev–Trinajstić information content (AvgIpc) is 3.43. The molecule has 3 aromatic rings. The molecular weight excluding hydrogens is 409 g/mol. The Kier molecular flexibility index (Phi) is 6.25. The van der Waals surface area contributed by atoms with Crippen LogP contribution < -0.4 is 11.2 Å². The first kappa shape index (κ1) is 21.6. The van der Waals surface area contributed by atoms with Gasteiger partial charge in [0.05, 0.1) is 11.0 Å². The van der Waals surface area contributed by atoms with Crippen LogP contribution in [0.2, 0.25) is 0 Å². The fourth-order valence-electron chi connectivity index (χ4n) is 4.36. The number of halogens is 1. The maximum Gasteiger partial charge on any atom is 0.272 e. The summed E-state index contributed by atoms with van der Waals surface area (Å²) in [6, 6.07) is 6.22. The molecule has 1 amide bonds. The molecule has 1 aliphatic carbocycles. The summed E-state index contributed by atoms with van der Waals surface area (Å²) in [5, 5.41) is 6.49. The highest BCUT2D eigenvalue weighted by atomic mass is 19.1. The Morgan fingerprint density at radius 2 is 2.12 bits per heavy atom. The fraction of sp³-hybridized carbons (Fsp3) is 0.348. The molecule has 0 aliphatic heterocycles. The molecule has 4 rings (SSSR count). The van der Waals surface area contributed by atoms with Crippen molar-refractivity contribution in [3.05, 3.63) is 58.9 Å². The van der Waals surface area contributed by atoms with Crippen molar-refractivity contribution in [2.75, 3.05) is 7.05 Å². The minimum Gasteiger partial charge on any atom is -0.347 e. The monoisotopic (exact) mass is 435 g/mol. The van der Waals surface area contributed by atoms with E-state index in [1.807, 2.05) is 17.7 Å². The molecule has 2 aromatic heterocycles. The largest absolute Gasteiger partial charge is 0.347 e. The van der Waals surface area contributed by atoms with Crippen molar-refractivity contribution in [1.82, 2.24) is 19.9 Å². The van der Waals surface area contributed by atoms with Crippen LogP contribution in [0.1, 0.15) is 59.0 Å². The van der Waals surface area contributed by atoms with Gasteiger partial charge in [0, 0.05) is 44.5 Å². The van der Waals surface area contributed by atoms with Gasteiger partial charge in [0.2, 0.25) is 0 Å². The molecule has 0 unspecified atom stereocenters. The second-order valence-electron chi connectivity index (χ2n) is 7.97. The lowest BCUT2D eigenvalue weighted by Crippen LogP contribution is -2.25. The third-order valence-electron chi connectivity index (χ3n) is 5.85. The Balaban J connectivity index is 1.58. The molecule has 1 aromatic carbocycles. The van der Waals surface area contributed by atoms with Gasteiger partial charge in [0.25, 0.3) is 5.91 Å². The van der Waals surface area contributed by atoms with Crippen LogP contribution in [-0.4, -0.2) is 39.4 Å². The van der Waals surface area contributed by atoms with Crippen molar-refractivity contribution < 1.29 is 9.18 Å². The summed E-state index contributed by atoms with van der Waals surface area (Å²) in [7, 11) is 3.51. The normalized spacial score (nSPS) is 15.2. The van der Waals surface area contributed by atoms with Crippen LogP contribution in [-0.2, 0) is 13.6 Å². The zero-order chi connectivity index (χ0) is 22.7. The lowest BCUT2D eigenvalue weighted by atomic mass is 10.1. The molecule has 9 heteroatoms. The van der Waals surface area contributed by atoms with Gasteiger partial charge in [0.15, 0.2) is 5.69 Å². The number of nitrogens with one attached hydrogen (secondary N) is 1. The number of imidazole rings is 1. The van der Waals surface area contributed by atoms with Gasteiger partial charge in [-0.25, -0.2) is 14.4 Å². The zero-order valence-electron chi connectivity index (χ0n) is 18.2. The highest BCUT2D eigenvalue weighted by Gasteiger charge is 2.25. The van der Waals surface area contributed by atoms with E-state index in [4.69, 9.17) is 10.8 Å². The van der Waals surface area contributed by atoms with E-state index in [1.165, 1.54) is 31.2 Å². The number of amides is 1. The van der Waals surface area contributed by atoms with Crippen LogP contribution in [0.5, 0.6) is 0 Å². The molecule has 166 valence electrons. The van der Waals surface area contributed by atoms with Gasteiger partial charge < -0.3 is 15.7 Å². The Labute approximate surface area is 185 Å². The van der Waals surface area contributed by atoms with E-state index < -0.39 is 5.82 Å². The van der Waals surface area contributed by atoms with E-state index in [-0.39, 0.29) is 12.5 Å². The molecule has 1 aliphatic rings. The molecule has 0 spiro atoms.